The Morgan fingerprint density at radius 1 is 1.23 bits per heavy atom. The molecule has 2 unspecified atom stereocenters. The number of rotatable bonds is 7. The first kappa shape index (κ1) is 18.5. The van der Waals surface area contributed by atoms with E-state index in [1.165, 1.54) is 0 Å². The van der Waals surface area contributed by atoms with E-state index in [-0.39, 0.29) is 13.0 Å². The second-order valence-electron chi connectivity index (χ2n) is 5.03. The van der Waals surface area contributed by atoms with Gasteiger partial charge < -0.3 is 9.84 Å². The third-order valence-electron chi connectivity index (χ3n) is 3.13. The summed E-state index contributed by atoms with van der Waals surface area (Å²) in [6.45, 7) is 2.06. The Bertz CT molecular complexity index is 474. The average Bonchev–Trinajstić information content (AvgIpc) is 2.48. The Morgan fingerprint density at radius 3 is 2.50 bits per heavy atom. The van der Waals surface area contributed by atoms with Crippen molar-refractivity contribution in [3.63, 3.8) is 0 Å². The van der Waals surface area contributed by atoms with Crippen LogP contribution in [0.25, 0.3) is 0 Å². The number of benzene rings is 1. The molecule has 0 fully saturated rings. The van der Waals surface area contributed by atoms with Crippen molar-refractivity contribution in [1.29, 1.82) is 0 Å². The van der Waals surface area contributed by atoms with Crippen LogP contribution in [0.3, 0.4) is 0 Å². The van der Waals surface area contributed by atoms with Gasteiger partial charge in [-0.1, -0.05) is 61.9 Å². The molecule has 0 bridgehead atoms. The molecule has 0 aliphatic heterocycles. The van der Waals surface area contributed by atoms with Crippen molar-refractivity contribution < 1.29 is 23.0 Å². The second-order valence-corrected chi connectivity index (χ2v) is 5.03. The highest BCUT2D eigenvalue weighted by Crippen LogP contribution is 2.30. The Morgan fingerprint density at radius 2 is 1.91 bits per heavy atom. The molecule has 5 heteroatoms. The van der Waals surface area contributed by atoms with Gasteiger partial charge in [-0.25, -0.2) is 0 Å². The van der Waals surface area contributed by atoms with Gasteiger partial charge in [0.1, 0.15) is 12.5 Å². The predicted molar refractivity (Wildman–Crippen MR) is 79.0 cm³/mol. The van der Waals surface area contributed by atoms with E-state index in [4.69, 9.17) is 4.74 Å². The molecule has 0 saturated carbocycles. The number of unbranched alkanes of at least 4 members (excludes halogenated alkanes) is 1. The number of aliphatic hydroxyl groups excluding tert-OH is 1. The third-order valence-corrected chi connectivity index (χ3v) is 3.13. The number of alkyl halides is 3. The molecule has 22 heavy (non-hydrogen) atoms. The highest BCUT2D eigenvalue weighted by Gasteiger charge is 2.42. The van der Waals surface area contributed by atoms with Gasteiger partial charge in [-0.15, -0.1) is 0 Å². The van der Waals surface area contributed by atoms with E-state index in [9.17, 15) is 18.3 Å². The maximum absolute atomic E-state index is 12.9. The van der Waals surface area contributed by atoms with Crippen molar-refractivity contribution in [2.75, 3.05) is 6.61 Å². The molecule has 0 amide bonds. The molecule has 0 radical (unpaired) electrons. The number of aliphatic hydroxyl groups is 1. The first-order valence-corrected chi connectivity index (χ1v) is 7.30. The van der Waals surface area contributed by atoms with E-state index >= 15 is 0 Å². The van der Waals surface area contributed by atoms with E-state index < -0.39 is 18.2 Å². The molecule has 0 aliphatic rings. The fraction of sp³-hybridized carbons (Fsp3) is 0.529. The normalized spacial score (nSPS) is 14.0. The van der Waals surface area contributed by atoms with Gasteiger partial charge in [-0.2, -0.15) is 13.2 Å². The molecule has 1 aromatic carbocycles. The lowest BCUT2D eigenvalue weighted by Gasteiger charge is -2.20. The van der Waals surface area contributed by atoms with Crippen LogP contribution in [0.15, 0.2) is 30.3 Å². The molecule has 0 saturated heterocycles. The van der Waals surface area contributed by atoms with Crippen LogP contribution in [0, 0.1) is 17.8 Å². The number of halogens is 3. The summed E-state index contributed by atoms with van der Waals surface area (Å²) in [5.74, 6) is 2.46. The fourth-order valence-corrected chi connectivity index (χ4v) is 1.92. The summed E-state index contributed by atoms with van der Waals surface area (Å²) in [5, 5.41) is 9.65. The van der Waals surface area contributed by atoms with E-state index in [2.05, 4.69) is 11.8 Å². The van der Waals surface area contributed by atoms with Crippen molar-refractivity contribution in [3.05, 3.63) is 35.9 Å². The lowest BCUT2D eigenvalue weighted by Crippen LogP contribution is -2.33. The van der Waals surface area contributed by atoms with E-state index in [1.54, 1.807) is 0 Å². The zero-order valence-corrected chi connectivity index (χ0v) is 12.6. The van der Waals surface area contributed by atoms with Crippen LogP contribution in [0.2, 0.25) is 0 Å². The van der Waals surface area contributed by atoms with E-state index in [1.807, 2.05) is 37.3 Å². The van der Waals surface area contributed by atoms with Crippen LogP contribution < -0.4 is 0 Å². The van der Waals surface area contributed by atoms with Crippen LogP contribution in [0.5, 0.6) is 0 Å². The highest BCUT2D eigenvalue weighted by atomic mass is 19.4. The Hall–Kier alpha value is -1.51. The minimum Gasteiger partial charge on any atom is -0.391 e. The van der Waals surface area contributed by atoms with Gasteiger partial charge in [0, 0.05) is 0 Å². The Balaban J connectivity index is 2.49. The molecule has 1 aromatic rings. The van der Waals surface area contributed by atoms with Gasteiger partial charge in [0.05, 0.1) is 12.7 Å². The summed E-state index contributed by atoms with van der Waals surface area (Å²) in [5.41, 5.74) is 0.930. The topological polar surface area (TPSA) is 29.5 Å². The summed E-state index contributed by atoms with van der Waals surface area (Å²) in [7, 11) is 0. The number of hydrogen-bond acceptors (Lipinski definition) is 2. The van der Waals surface area contributed by atoms with Gasteiger partial charge in [-0.05, 0) is 12.0 Å². The van der Waals surface area contributed by atoms with Crippen molar-refractivity contribution in [2.24, 2.45) is 5.92 Å². The molecular weight excluding hydrogens is 293 g/mol. The fourth-order valence-electron chi connectivity index (χ4n) is 1.92. The first-order chi connectivity index (χ1) is 10.4. The smallest absolute Gasteiger partial charge is 0.391 e. The van der Waals surface area contributed by atoms with Crippen LogP contribution in [0.1, 0.15) is 31.7 Å². The summed E-state index contributed by atoms with van der Waals surface area (Å²) >= 11 is 0. The summed E-state index contributed by atoms with van der Waals surface area (Å²) < 4.78 is 43.8. The number of hydrogen-bond donors (Lipinski definition) is 1. The van der Waals surface area contributed by atoms with Gasteiger partial charge in [0.15, 0.2) is 0 Å². The molecule has 0 aromatic heterocycles. The Labute approximate surface area is 129 Å². The summed E-state index contributed by atoms with van der Waals surface area (Å²) in [6.07, 6.45) is -4.64. The van der Waals surface area contributed by atoms with Gasteiger partial charge in [0.25, 0.3) is 0 Å². The van der Waals surface area contributed by atoms with Crippen molar-refractivity contribution >= 4 is 0 Å². The first-order valence-electron chi connectivity index (χ1n) is 7.30. The molecule has 1 rings (SSSR count). The van der Waals surface area contributed by atoms with Crippen LogP contribution in [0.4, 0.5) is 13.2 Å². The molecular formula is C17H21F3O2. The zero-order chi connectivity index (χ0) is 16.4. The quantitative estimate of drug-likeness (QED) is 0.610. The van der Waals surface area contributed by atoms with E-state index in [0.29, 0.717) is 13.0 Å². The standard InChI is InChI=1S/C17H21F3O2/c1-2-3-11-16(21)15(17(18,19)20)10-7-12-22-13-14-8-5-4-6-9-14/h4-6,8-9,15-16,21H,2-3,11-13H2,1H3. The van der Waals surface area contributed by atoms with Crippen molar-refractivity contribution in [1.82, 2.24) is 0 Å². The molecule has 2 nitrogen and oxygen atoms in total. The largest absolute Gasteiger partial charge is 0.404 e. The highest BCUT2D eigenvalue weighted by molar-refractivity contribution is 5.14. The maximum atomic E-state index is 12.9. The van der Waals surface area contributed by atoms with Crippen LogP contribution >= 0.6 is 0 Å². The summed E-state index contributed by atoms with van der Waals surface area (Å²) in [6, 6.07) is 9.30. The maximum Gasteiger partial charge on any atom is 0.404 e. The monoisotopic (exact) mass is 314 g/mol. The lowest BCUT2D eigenvalue weighted by atomic mass is 9.98. The molecule has 0 spiro atoms. The predicted octanol–water partition coefficient (Wildman–Crippen LogP) is 3.94. The number of ether oxygens (including phenoxy) is 1. The van der Waals surface area contributed by atoms with Gasteiger partial charge in [-0.3, -0.25) is 0 Å². The molecule has 0 heterocycles. The minimum atomic E-state index is -4.53. The molecule has 0 aliphatic carbocycles. The molecule has 1 N–H and O–H groups in total. The van der Waals surface area contributed by atoms with Gasteiger partial charge >= 0.3 is 6.18 Å². The molecule has 2 atom stereocenters. The van der Waals surface area contributed by atoms with Crippen LogP contribution in [-0.2, 0) is 11.3 Å². The zero-order valence-electron chi connectivity index (χ0n) is 12.6. The van der Waals surface area contributed by atoms with Crippen molar-refractivity contribution in [2.45, 2.75) is 45.1 Å². The second kappa shape index (κ2) is 9.50. The summed E-state index contributed by atoms with van der Waals surface area (Å²) in [4.78, 5) is 0. The minimum absolute atomic E-state index is 0.0953. The SMILES string of the molecule is CCCCC(O)C(C#CCOCc1ccccc1)C(F)(F)F. The average molecular weight is 314 g/mol. The molecule has 122 valence electrons. The Kier molecular flexibility index (Phi) is 8.00. The lowest BCUT2D eigenvalue weighted by molar-refractivity contribution is -0.182. The third kappa shape index (κ3) is 6.97. The van der Waals surface area contributed by atoms with Crippen LogP contribution in [-0.4, -0.2) is 24.0 Å². The van der Waals surface area contributed by atoms with Gasteiger partial charge in [0.2, 0.25) is 0 Å². The van der Waals surface area contributed by atoms with Crippen molar-refractivity contribution in [3.8, 4) is 11.8 Å². The van der Waals surface area contributed by atoms with E-state index in [0.717, 1.165) is 12.0 Å².